The Balaban J connectivity index is 2.07. The van der Waals surface area contributed by atoms with Crippen molar-refractivity contribution in [3.05, 3.63) is 82.6 Å². The van der Waals surface area contributed by atoms with Crippen LogP contribution in [0.3, 0.4) is 0 Å². The number of aromatic nitrogens is 1. The van der Waals surface area contributed by atoms with Crippen LogP contribution in [0.4, 0.5) is 0 Å². The number of esters is 1. The first-order valence-electron chi connectivity index (χ1n) is 8.27. The van der Waals surface area contributed by atoms with Crippen molar-refractivity contribution in [1.82, 2.24) is 4.57 Å². The van der Waals surface area contributed by atoms with Gasteiger partial charge in [-0.1, -0.05) is 54.1 Å². The number of nitrogens with zero attached hydrogens (tertiary/aromatic N) is 1. The summed E-state index contributed by atoms with van der Waals surface area (Å²) < 4.78 is 7.37. The van der Waals surface area contributed by atoms with Crippen molar-refractivity contribution < 1.29 is 9.53 Å². The summed E-state index contributed by atoms with van der Waals surface area (Å²) in [6, 6.07) is 17.7. The van der Waals surface area contributed by atoms with Crippen molar-refractivity contribution in [3.63, 3.8) is 0 Å². The molecule has 25 heavy (non-hydrogen) atoms. The quantitative estimate of drug-likeness (QED) is 0.579. The number of ether oxygens (including phenoxy) is 1. The highest BCUT2D eigenvalue weighted by atomic mass is 35.5. The van der Waals surface area contributed by atoms with Gasteiger partial charge in [-0.15, -0.1) is 0 Å². The first-order chi connectivity index (χ1) is 12.1. The van der Waals surface area contributed by atoms with Gasteiger partial charge in [-0.05, 0) is 37.1 Å². The van der Waals surface area contributed by atoms with Crippen LogP contribution < -0.4 is 0 Å². The summed E-state index contributed by atoms with van der Waals surface area (Å²) in [5.41, 5.74) is 4.50. The largest absolute Gasteiger partial charge is 0.462 e. The molecule has 0 radical (unpaired) electrons. The molecule has 0 amide bonds. The minimum absolute atomic E-state index is 0.295. The van der Waals surface area contributed by atoms with E-state index in [0.717, 1.165) is 16.8 Å². The van der Waals surface area contributed by atoms with Gasteiger partial charge < -0.3 is 9.30 Å². The first-order valence-corrected chi connectivity index (χ1v) is 8.64. The highest BCUT2D eigenvalue weighted by molar-refractivity contribution is 6.30. The molecule has 0 atom stereocenters. The van der Waals surface area contributed by atoms with E-state index in [1.807, 2.05) is 62.5 Å². The Bertz CT molecular complexity index is 867. The van der Waals surface area contributed by atoms with Crippen molar-refractivity contribution in [2.45, 2.75) is 20.4 Å². The standard InChI is InChI=1S/C21H20ClNO2/c1-3-25-21(24)20-15(2)23(13-16-7-5-4-6-8-16)14-19(20)17-9-11-18(22)12-10-17/h4-12,14H,3,13H2,1-2H3. The van der Waals surface area contributed by atoms with E-state index < -0.39 is 0 Å². The van der Waals surface area contributed by atoms with Gasteiger partial charge in [-0.25, -0.2) is 4.79 Å². The summed E-state index contributed by atoms with van der Waals surface area (Å²) in [5.74, 6) is -0.295. The molecular formula is C21H20ClNO2. The van der Waals surface area contributed by atoms with E-state index in [9.17, 15) is 4.79 Å². The van der Waals surface area contributed by atoms with Gasteiger partial charge in [-0.3, -0.25) is 0 Å². The SMILES string of the molecule is CCOC(=O)c1c(-c2ccc(Cl)cc2)cn(Cc2ccccc2)c1C. The lowest BCUT2D eigenvalue weighted by Gasteiger charge is -2.07. The Morgan fingerprint density at radius 3 is 2.40 bits per heavy atom. The van der Waals surface area contributed by atoms with Crippen LogP contribution in [0.2, 0.25) is 5.02 Å². The smallest absolute Gasteiger partial charge is 0.340 e. The minimum Gasteiger partial charge on any atom is -0.462 e. The molecule has 0 spiro atoms. The Morgan fingerprint density at radius 2 is 1.76 bits per heavy atom. The molecule has 1 heterocycles. The topological polar surface area (TPSA) is 31.2 Å². The van der Waals surface area contributed by atoms with Gasteiger partial charge in [0.2, 0.25) is 0 Å². The number of halogens is 1. The summed E-state index contributed by atoms with van der Waals surface area (Å²) in [5, 5.41) is 0.668. The van der Waals surface area contributed by atoms with Crippen LogP contribution in [-0.4, -0.2) is 17.1 Å². The van der Waals surface area contributed by atoms with Crippen molar-refractivity contribution in [3.8, 4) is 11.1 Å². The van der Waals surface area contributed by atoms with Crippen molar-refractivity contribution in [2.75, 3.05) is 6.61 Å². The van der Waals surface area contributed by atoms with Crippen LogP contribution in [0.1, 0.15) is 28.5 Å². The van der Waals surface area contributed by atoms with Crippen LogP contribution >= 0.6 is 11.6 Å². The van der Waals surface area contributed by atoms with Gasteiger partial charge in [0, 0.05) is 29.0 Å². The Morgan fingerprint density at radius 1 is 1.08 bits per heavy atom. The predicted octanol–water partition coefficient (Wildman–Crippen LogP) is 5.34. The highest BCUT2D eigenvalue weighted by Gasteiger charge is 2.21. The Labute approximate surface area is 152 Å². The minimum atomic E-state index is -0.295. The third-order valence-corrected chi connectivity index (χ3v) is 4.43. The van der Waals surface area contributed by atoms with Crippen LogP contribution in [0.15, 0.2) is 60.8 Å². The van der Waals surface area contributed by atoms with Crippen LogP contribution in [0, 0.1) is 6.92 Å². The third kappa shape index (κ3) is 3.77. The first kappa shape index (κ1) is 17.3. The van der Waals surface area contributed by atoms with Crippen LogP contribution in [0.5, 0.6) is 0 Å². The maximum absolute atomic E-state index is 12.5. The lowest BCUT2D eigenvalue weighted by molar-refractivity contribution is 0.0526. The molecule has 0 fully saturated rings. The lowest BCUT2D eigenvalue weighted by atomic mass is 10.0. The zero-order valence-electron chi connectivity index (χ0n) is 14.3. The summed E-state index contributed by atoms with van der Waals surface area (Å²) in [6.45, 7) is 4.82. The van der Waals surface area contributed by atoms with Crippen molar-refractivity contribution in [1.29, 1.82) is 0 Å². The molecule has 0 saturated heterocycles. The van der Waals surface area contributed by atoms with Crippen LogP contribution in [-0.2, 0) is 11.3 Å². The van der Waals surface area contributed by atoms with E-state index in [1.165, 1.54) is 5.56 Å². The molecule has 3 nitrogen and oxygen atoms in total. The summed E-state index contributed by atoms with van der Waals surface area (Å²) in [7, 11) is 0. The van der Waals surface area contributed by atoms with E-state index in [0.29, 0.717) is 23.7 Å². The molecular weight excluding hydrogens is 334 g/mol. The van der Waals surface area contributed by atoms with Gasteiger partial charge >= 0.3 is 5.97 Å². The molecule has 1 aromatic heterocycles. The molecule has 0 aliphatic carbocycles. The van der Waals surface area contributed by atoms with Gasteiger partial charge in [0.15, 0.2) is 0 Å². The number of hydrogen-bond donors (Lipinski definition) is 0. The number of benzene rings is 2. The maximum Gasteiger partial charge on any atom is 0.340 e. The second-order valence-electron chi connectivity index (χ2n) is 5.84. The Kier molecular flexibility index (Phi) is 5.25. The normalized spacial score (nSPS) is 10.7. The van der Waals surface area contributed by atoms with Gasteiger partial charge in [0.1, 0.15) is 0 Å². The van der Waals surface area contributed by atoms with E-state index >= 15 is 0 Å². The lowest BCUT2D eigenvalue weighted by Crippen LogP contribution is -2.08. The zero-order valence-corrected chi connectivity index (χ0v) is 15.1. The second kappa shape index (κ2) is 7.58. The number of carbonyl (C=O) groups excluding carboxylic acids is 1. The second-order valence-corrected chi connectivity index (χ2v) is 6.28. The van der Waals surface area contributed by atoms with Crippen molar-refractivity contribution >= 4 is 17.6 Å². The molecule has 0 bridgehead atoms. The molecule has 128 valence electrons. The molecule has 2 aromatic carbocycles. The number of hydrogen-bond acceptors (Lipinski definition) is 2. The van der Waals surface area contributed by atoms with E-state index in [1.54, 1.807) is 0 Å². The average molecular weight is 354 g/mol. The maximum atomic E-state index is 12.5. The third-order valence-electron chi connectivity index (χ3n) is 4.18. The molecule has 4 heteroatoms. The van der Waals surface area contributed by atoms with Gasteiger partial charge in [0.25, 0.3) is 0 Å². The van der Waals surface area contributed by atoms with Gasteiger partial charge in [-0.2, -0.15) is 0 Å². The monoisotopic (exact) mass is 353 g/mol. The highest BCUT2D eigenvalue weighted by Crippen LogP contribution is 2.30. The zero-order chi connectivity index (χ0) is 17.8. The summed E-state index contributed by atoms with van der Waals surface area (Å²) in [6.07, 6.45) is 2.01. The van der Waals surface area contributed by atoms with E-state index in [2.05, 4.69) is 16.7 Å². The average Bonchev–Trinajstić information content (AvgIpc) is 2.93. The fourth-order valence-corrected chi connectivity index (χ4v) is 3.04. The molecule has 0 unspecified atom stereocenters. The predicted molar refractivity (Wildman–Crippen MR) is 101 cm³/mol. The molecule has 0 aliphatic rings. The molecule has 0 N–H and O–H groups in total. The fourth-order valence-electron chi connectivity index (χ4n) is 2.91. The molecule has 0 saturated carbocycles. The summed E-state index contributed by atoms with van der Waals surface area (Å²) in [4.78, 5) is 12.5. The van der Waals surface area contributed by atoms with Crippen LogP contribution in [0.25, 0.3) is 11.1 Å². The number of carbonyl (C=O) groups is 1. The molecule has 3 rings (SSSR count). The molecule has 3 aromatic rings. The number of rotatable bonds is 5. The molecule has 0 aliphatic heterocycles. The van der Waals surface area contributed by atoms with E-state index in [-0.39, 0.29) is 5.97 Å². The van der Waals surface area contributed by atoms with Gasteiger partial charge in [0.05, 0.1) is 12.2 Å². The summed E-state index contributed by atoms with van der Waals surface area (Å²) >= 11 is 6.00. The van der Waals surface area contributed by atoms with E-state index in [4.69, 9.17) is 16.3 Å². The Hall–Kier alpha value is -2.52. The fraction of sp³-hybridized carbons (Fsp3) is 0.190. The van der Waals surface area contributed by atoms with Crippen molar-refractivity contribution in [2.24, 2.45) is 0 Å².